The number of nitrogens with zero attached hydrogens (tertiary/aromatic N) is 3. The second-order valence-electron chi connectivity index (χ2n) is 9.68. The third kappa shape index (κ3) is 4.53. The van der Waals surface area contributed by atoms with Gasteiger partial charge in [0.2, 0.25) is 0 Å². The third-order valence-electron chi connectivity index (χ3n) is 6.72. The normalized spacial score (nSPS) is 20.6. The monoisotopic (exact) mass is 500 g/mol. The number of benzene rings is 2. The quantitative estimate of drug-likeness (QED) is 0.389. The van der Waals surface area contributed by atoms with Crippen molar-refractivity contribution in [3.05, 3.63) is 89.9 Å². The molecule has 1 saturated heterocycles. The van der Waals surface area contributed by atoms with Gasteiger partial charge in [-0.1, -0.05) is 50.2 Å². The largest absolute Gasteiger partial charge is 0.459 e. The fraction of sp³-hybridized carbons (Fsp3) is 0.286. The average molecular weight is 501 g/mol. The van der Waals surface area contributed by atoms with Crippen LogP contribution in [0, 0.1) is 12.3 Å². The summed E-state index contributed by atoms with van der Waals surface area (Å²) in [6, 6.07) is 17.5. The number of nitrogens with two attached hydrogens (primary N) is 1. The summed E-state index contributed by atoms with van der Waals surface area (Å²) in [5, 5.41) is 0.735. The summed E-state index contributed by atoms with van der Waals surface area (Å²) < 4.78 is 20.0. The van der Waals surface area contributed by atoms with Crippen molar-refractivity contribution in [2.45, 2.75) is 39.2 Å². The van der Waals surface area contributed by atoms with E-state index in [1.807, 2.05) is 43.7 Å². The molecular weight excluding hydrogens is 472 g/mol. The summed E-state index contributed by atoms with van der Waals surface area (Å²) in [6.45, 7) is 5.72. The molecule has 0 bridgehead atoms. The first kappa shape index (κ1) is 24.5. The van der Waals surface area contributed by atoms with Gasteiger partial charge in [0, 0.05) is 11.6 Å². The first-order valence-corrected chi connectivity index (χ1v) is 12.0. The number of fused-ring (bicyclic) bond motifs is 1. The lowest BCUT2D eigenvalue weighted by molar-refractivity contribution is -0.0578. The highest BCUT2D eigenvalue weighted by atomic mass is 16.6. The van der Waals surface area contributed by atoms with Crippen molar-refractivity contribution < 1.29 is 23.8 Å². The van der Waals surface area contributed by atoms with Gasteiger partial charge in [0.25, 0.3) is 0 Å². The zero-order valence-corrected chi connectivity index (χ0v) is 20.8. The van der Waals surface area contributed by atoms with Crippen LogP contribution in [0.15, 0.2) is 73.2 Å². The number of nitrogen functional groups attached to an aromatic ring is 1. The predicted octanol–water partition coefficient (Wildman–Crippen LogP) is 4.33. The van der Waals surface area contributed by atoms with Gasteiger partial charge in [0.15, 0.2) is 0 Å². The molecule has 1 aliphatic heterocycles. The first-order chi connectivity index (χ1) is 17.8. The van der Waals surface area contributed by atoms with Gasteiger partial charge in [0.05, 0.1) is 16.5 Å². The molecule has 37 heavy (non-hydrogen) atoms. The number of rotatable bonds is 6. The van der Waals surface area contributed by atoms with Crippen LogP contribution in [-0.2, 0) is 14.2 Å². The SMILES string of the molecule is Cc1cn([C@@H]2OC(COC(=O)c3ccccc3)[C@@H](OC(=O)c3ccccc3)C2(C)C)c2ncnc(N)c12. The lowest BCUT2D eigenvalue weighted by Gasteiger charge is -2.31. The van der Waals surface area contributed by atoms with Gasteiger partial charge in [-0.05, 0) is 36.8 Å². The van der Waals surface area contributed by atoms with E-state index in [4.69, 9.17) is 19.9 Å². The van der Waals surface area contributed by atoms with Gasteiger partial charge in [-0.25, -0.2) is 19.6 Å². The second-order valence-corrected chi connectivity index (χ2v) is 9.68. The Balaban J connectivity index is 1.47. The number of carbonyl (C=O) groups excluding carboxylic acids is 2. The Morgan fingerprint density at radius 1 is 1.00 bits per heavy atom. The van der Waals surface area contributed by atoms with Crippen LogP contribution in [-0.4, -0.2) is 45.3 Å². The summed E-state index contributed by atoms with van der Waals surface area (Å²) >= 11 is 0. The molecule has 3 heterocycles. The van der Waals surface area contributed by atoms with Crippen molar-refractivity contribution in [1.82, 2.24) is 14.5 Å². The Morgan fingerprint density at radius 2 is 1.62 bits per heavy atom. The number of hydrogen-bond acceptors (Lipinski definition) is 8. The lowest BCUT2D eigenvalue weighted by Crippen LogP contribution is -2.40. The van der Waals surface area contributed by atoms with Gasteiger partial charge in [-0.2, -0.15) is 0 Å². The van der Waals surface area contributed by atoms with Gasteiger partial charge < -0.3 is 24.5 Å². The molecule has 9 heteroatoms. The fourth-order valence-electron chi connectivity index (χ4n) is 4.86. The van der Waals surface area contributed by atoms with Crippen LogP contribution in [0.5, 0.6) is 0 Å². The topological polar surface area (TPSA) is 119 Å². The van der Waals surface area contributed by atoms with E-state index in [0.717, 1.165) is 10.9 Å². The molecule has 190 valence electrons. The molecule has 3 atom stereocenters. The van der Waals surface area contributed by atoms with Crippen LogP contribution in [0.3, 0.4) is 0 Å². The molecule has 2 aromatic carbocycles. The summed E-state index contributed by atoms with van der Waals surface area (Å²) in [7, 11) is 0. The maximum Gasteiger partial charge on any atom is 0.338 e. The van der Waals surface area contributed by atoms with Crippen molar-refractivity contribution >= 4 is 28.8 Å². The van der Waals surface area contributed by atoms with Crippen LogP contribution >= 0.6 is 0 Å². The van der Waals surface area contributed by atoms with Gasteiger partial charge >= 0.3 is 11.9 Å². The lowest BCUT2D eigenvalue weighted by atomic mass is 9.84. The molecule has 9 nitrogen and oxygen atoms in total. The Labute approximate surface area is 214 Å². The van der Waals surface area contributed by atoms with Crippen molar-refractivity contribution in [3.8, 4) is 0 Å². The first-order valence-electron chi connectivity index (χ1n) is 12.0. The van der Waals surface area contributed by atoms with Crippen molar-refractivity contribution in [2.24, 2.45) is 5.41 Å². The maximum atomic E-state index is 13.1. The van der Waals surface area contributed by atoms with Crippen LogP contribution in [0.1, 0.15) is 46.4 Å². The molecule has 2 N–H and O–H groups in total. The molecule has 1 fully saturated rings. The van der Waals surface area contributed by atoms with E-state index in [0.29, 0.717) is 22.6 Å². The van der Waals surface area contributed by atoms with Crippen molar-refractivity contribution in [1.29, 1.82) is 0 Å². The molecule has 2 aromatic heterocycles. The van der Waals surface area contributed by atoms with E-state index < -0.39 is 35.8 Å². The molecular formula is C28H28N4O5. The Morgan fingerprint density at radius 3 is 2.27 bits per heavy atom. The molecule has 0 amide bonds. The molecule has 0 spiro atoms. The minimum Gasteiger partial charge on any atom is -0.459 e. The van der Waals surface area contributed by atoms with Crippen molar-refractivity contribution in [2.75, 3.05) is 12.3 Å². The van der Waals surface area contributed by atoms with E-state index in [2.05, 4.69) is 9.97 Å². The molecule has 4 aromatic rings. The minimum absolute atomic E-state index is 0.101. The number of aromatic nitrogens is 3. The molecule has 0 aliphatic carbocycles. The summed E-state index contributed by atoms with van der Waals surface area (Å²) in [5.74, 6) is -0.596. The van der Waals surface area contributed by atoms with E-state index >= 15 is 0 Å². The smallest absolute Gasteiger partial charge is 0.338 e. The number of aryl methyl sites for hydroxylation is 1. The zero-order chi connectivity index (χ0) is 26.2. The Bertz CT molecular complexity index is 1440. The summed E-state index contributed by atoms with van der Waals surface area (Å²) in [4.78, 5) is 34.3. The fourth-order valence-corrected chi connectivity index (χ4v) is 4.86. The molecule has 5 rings (SSSR count). The van der Waals surface area contributed by atoms with Gasteiger partial charge in [-0.3, -0.25) is 0 Å². The van der Waals surface area contributed by atoms with E-state index in [-0.39, 0.29) is 6.61 Å². The number of carbonyl (C=O) groups is 2. The van der Waals surface area contributed by atoms with Crippen LogP contribution in [0.25, 0.3) is 11.0 Å². The van der Waals surface area contributed by atoms with Crippen LogP contribution in [0.4, 0.5) is 5.82 Å². The van der Waals surface area contributed by atoms with Gasteiger partial charge in [-0.15, -0.1) is 0 Å². The standard InChI is InChI=1S/C28H28N4O5/c1-17-14-32(24-21(17)23(29)30-16-31-24)27-28(2,3)22(37-26(34)19-12-8-5-9-13-19)20(36-27)15-35-25(33)18-10-6-4-7-11-18/h4-14,16,20,22,27H,15H2,1-3H3,(H2,29,30,31)/t20?,22-,27-/m1/s1. The van der Waals surface area contributed by atoms with E-state index in [9.17, 15) is 9.59 Å². The molecule has 1 aliphatic rings. The Hall–Kier alpha value is -4.24. The van der Waals surface area contributed by atoms with Gasteiger partial charge in [0.1, 0.15) is 42.8 Å². The highest BCUT2D eigenvalue weighted by Crippen LogP contribution is 2.48. The van der Waals surface area contributed by atoms with Crippen molar-refractivity contribution in [3.63, 3.8) is 0 Å². The summed E-state index contributed by atoms with van der Waals surface area (Å²) in [5.41, 5.74) is 7.74. The second kappa shape index (κ2) is 9.67. The highest BCUT2D eigenvalue weighted by molar-refractivity contribution is 5.90. The van der Waals surface area contributed by atoms with E-state index in [1.165, 1.54) is 6.33 Å². The number of hydrogen-bond donors (Lipinski definition) is 1. The van der Waals surface area contributed by atoms with E-state index in [1.54, 1.807) is 48.5 Å². The van der Waals surface area contributed by atoms with Crippen LogP contribution in [0.2, 0.25) is 0 Å². The Kier molecular flexibility index (Phi) is 6.39. The molecule has 0 saturated carbocycles. The number of anilines is 1. The zero-order valence-electron chi connectivity index (χ0n) is 20.8. The minimum atomic E-state index is -0.731. The van der Waals surface area contributed by atoms with Crippen LogP contribution < -0.4 is 5.73 Å². The number of esters is 2. The highest BCUT2D eigenvalue weighted by Gasteiger charge is 2.54. The average Bonchev–Trinajstić information content (AvgIpc) is 3.37. The maximum absolute atomic E-state index is 13.1. The predicted molar refractivity (Wildman–Crippen MR) is 137 cm³/mol. The molecule has 0 radical (unpaired) electrons. The summed E-state index contributed by atoms with van der Waals surface area (Å²) in [6.07, 6.45) is 1.26. The number of ether oxygens (including phenoxy) is 3. The third-order valence-corrected chi connectivity index (χ3v) is 6.72. The molecule has 1 unspecified atom stereocenters.